The van der Waals surface area contributed by atoms with Gasteiger partial charge in [0.15, 0.2) is 0 Å². The quantitative estimate of drug-likeness (QED) is 0.640. The molecule has 4 rings (SSSR count). The van der Waals surface area contributed by atoms with Crippen LogP contribution in [0.25, 0.3) is 0 Å². The van der Waals surface area contributed by atoms with Gasteiger partial charge in [0.2, 0.25) is 11.8 Å². The highest BCUT2D eigenvalue weighted by Crippen LogP contribution is 2.37. The first-order valence-corrected chi connectivity index (χ1v) is 12.0. The summed E-state index contributed by atoms with van der Waals surface area (Å²) in [6.45, 7) is 5.60. The number of carbonyl (C=O) groups excluding carboxylic acids is 2. The van der Waals surface area contributed by atoms with E-state index in [2.05, 4.69) is 11.0 Å². The summed E-state index contributed by atoms with van der Waals surface area (Å²) in [6.07, 6.45) is 9.58. The number of hydrogen-bond donors (Lipinski definition) is 0. The first-order valence-electron chi connectivity index (χ1n) is 12.0. The minimum absolute atomic E-state index is 0.173. The molecule has 1 aliphatic carbocycles. The zero-order valence-electron chi connectivity index (χ0n) is 18.8. The molecule has 2 saturated heterocycles. The normalized spacial score (nSPS) is 24.7. The van der Waals surface area contributed by atoms with Crippen molar-refractivity contribution >= 4 is 11.8 Å². The van der Waals surface area contributed by atoms with E-state index in [-0.39, 0.29) is 11.8 Å². The average molecular weight is 425 g/mol. The number of para-hydroxylation sites is 1. The predicted octanol–water partition coefficient (Wildman–Crippen LogP) is 4.29. The molecule has 5 heteroatoms. The maximum Gasteiger partial charge on any atom is 0.226 e. The molecule has 31 heavy (non-hydrogen) atoms. The lowest BCUT2D eigenvalue weighted by molar-refractivity contribution is -0.130. The van der Waals surface area contributed by atoms with Crippen LogP contribution in [0.15, 0.2) is 42.0 Å². The fourth-order valence-electron chi connectivity index (χ4n) is 5.54. The van der Waals surface area contributed by atoms with Crippen LogP contribution in [0.4, 0.5) is 0 Å². The van der Waals surface area contributed by atoms with Crippen LogP contribution in [0.3, 0.4) is 0 Å². The third-order valence-corrected chi connectivity index (χ3v) is 7.41. The molecule has 0 unspecified atom stereocenters. The summed E-state index contributed by atoms with van der Waals surface area (Å²) in [5.74, 6) is 2.69. The molecule has 0 radical (unpaired) electrons. The number of allylic oxidation sites excluding steroid dienone is 1. The summed E-state index contributed by atoms with van der Waals surface area (Å²) in [7, 11) is 0. The van der Waals surface area contributed by atoms with Crippen LogP contribution in [-0.2, 0) is 9.59 Å². The molecule has 1 aromatic rings. The lowest BCUT2D eigenvalue weighted by Gasteiger charge is -2.36. The van der Waals surface area contributed by atoms with Gasteiger partial charge in [0, 0.05) is 45.4 Å². The van der Waals surface area contributed by atoms with Gasteiger partial charge in [-0.25, -0.2) is 0 Å². The van der Waals surface area contributed by atoms with E-state index >= 15 is 0 Å². The first kappa shape index (κ1) is 21.9. The molecule has 1 aromatic carbocycles. The van der Waals surface area contributed by atoms with Gasteiger partial charge >= 0.3 is 0 Å². The number of nitrogens with zero attached hydrogens (tertiary/aromatic N) is 2. The number of ether oxygens (including phenoxy) is 1. The van der Waals surface area contributed by atoms with E-state index in [4.69, 9.17) is 4.74 Å². The fraction of sp³-hybridized carbons (Fsp3) is 0.615. The van der Waals surface area contributed by atoms with Crippen LogP contribution < -0.4 is 4.74 Å². The van der Waals surface area contributed by atoms with Crippen LogP contribution in [0.2, 0.25) is 0 Å². The molecule has 0 bridgehead atoms. The van der Waals surface area contributed by atoms with Gasteiger partial charge in [0.25, 0.3) is 0 Å². The average Bonchev–Trinajstić information content (AvgIpc) is 3.23. The molecule has 0 N–H and O–H groups in total. The Balaban J connectivity index is 1.40. The summed E-state index contributed by atoms with van der Waals surface area (Å²) in [6, 6.07) is 9.97. The number of amides is 2. The molecule has 3 aliphatic rings. The molecule has 2 amide bonds. The Labute approximate surface area is 186 Å². The largest absolute Gasteiger partial charge is 0.493 e. The van der Waals surface area contributed by atoms with Gasteiger partial charge in [-0.05, 0) is 62.5 Å². The summed E-state index contributed by atoms with van der Waals surface area (Å²) >= 11 is 0. The Morgan fingerprint density at radius 2 is 1.81 bits per heavy atom. The van der Waals surface area contributed by atoms with Crippen molar-refractivity contribution in [2.24, 2.45) is 17.8 Å². The zero-order chi connectivity index (χ0) is 21.6. The van der Waals surface area contributed by atoms with Crippen molar-refractivity contribution in [3.63, 3.8) is 0 Å². The van der Waals surface area contributed by atoms with E-state index in [1.54, 1.807) is 6.92 Å². The van der Waals surface area contributed by atoms with Gasteiger partial charge in [-0.2, -0.15) is 0 Å². The van der Waals surface area contributed by atoms with Crippen molar-refractivity contribution in [2.75, 3.05) is 32.8 Å². The Kier molecular flexibility index (Phi) is 7.31. The number of likely N-dealkylation sites (tertiary alicyclic amines) is 2. The molecule has 5 nitrogen and oxygen atoms in total. The highest BCUT2D eigenvalue weighted by Gasteiger charge is 2.41. The highest BCUT2D eigenvalue weighted by molar-refractivity contribution is 5.79. The number of hydrogen-bond acceptors (Lipinski definition) is 3. The smallest absolute Gasteiger partial charge is 0.226 e. The molecule has 2 aliphatic heterocycles. The maximum atomic E-state index is 13.1. The van der Waals surface area contributed by atoms with Crippen LogP contribution in [0.5, 0.6) is 5.75 Å². The van der Waals surface area contributed by atoms with E-state index in [0.29, 0.717) is 30.8 Å². The Bertz CT molecular complexity index is 783. The monoisotopic (exact) mass is 424 g/mol. The van der Waals surface area contributed by atoms with Crippen molar-refractivity contribution < 1.29 is 14.3 Å². The van der Waals surface area contributed by atoms with Crippen molar-refractivity contribution in [1.82, 2.24) is 9.80 Å². The molecular weight excluding hydrogens is 388 g/mol. The molecule has 2 atom stereocenters. The van der Waals surface area contributed by atoms with Gasteiger partial charge in [-0.1, -0.05) is 29.8 Å². The standard InChI is InChI=1S/C26H36N2O3/c1-20(29)27-14-12-22(13-15-27)25-18-28(26(30)16-21-8-4-2-5-9-21)17-23(25)19-31-24-10-6-3-7-11-24/h3,6-8,10-11,22-23,25H,2,4-5,9,12-19H2,1H3/t23-,25-/m0/s1. The molecule has 168 valence electrons. The van der Waals surface area contributed by atoms with Crippen molar-refractivity contribution in [1.29, 1.82) is 0 Å². The SMILES string of the molecule is CC(=O)N1CCC([C@@H]2CN(C(=O)CC3=CCCCC3)C[C@H]2COc2ccccc2)CC1. The molecular formula is C26H36N2O3. The van der Waals surface area contributed by atoms with E-state index < -0.39 is 0 Å². The minimum atomic E-state index is 0.173. The lowest BCUT2D eigenvalue weighted by Crippen LogP contribution is -2.40. The van der Waals surface area contributed by atoms with Gasteiger partial charge < -0.3 is 14.5 Å². The Hall–Kier alpha value is -2.30. The zero-order valence-corrected chi connectivity index (χ0v) is 18.8. The number of carbonyl (C=O) groups is 2. The molecule has 0 saturated carbocycles. The highest BCUT2D eigenvalue weighted by atomic mass is 16.5. The van der Waals surface area contributed by atoms with Crippen molar-refractivity contribution in [2.45, 2.75) is 51.9 Å². The van der Waals surface area contributed by atoms with Gasteiger partial charge in [0.05, 0.1) is 6.61 Å². The maximum absolute atomic E-state index is 13.1. The van der Waals surface area contributed by atoms with Crippen LogP contribution >= 0.6 is 0 Å². The fourth-order valence-corrected chi connectivity index (χ4v) is 5.54. The van der Waals surface area contributed by atoms with Gasteiger partial charge in [0.1, 0.15) is 5.75 Å². The van der Waals surface area contributed by atoms with Crippen molar-refractivity contribution in [3.8, 4) is 5.75 Å². The Morgan fingerprint density at radius 3 is 2.48 bits per heavy atom. The van der Waals surface area contributed by atoms with Crippen LogP contribution in [0.1, 0.15) is 51.9 Å². The lowest BCUT2D eigenvalue weighted by atomic mass is 9.78. The second kappa shape index (κ2) is 10.3. The molecule has 2 fully saturated rings. The van der Waals surface area contributed by atoms with Crippen LogP contribution in [0, 0.1) is 17.8 Å². The minimum Gasteiger partial charge on any atom is -0.493 e. The molecule has 0 spiro atoms. The third kappa shape index (κ3) is 5.69. The second-order valence-electron chi connectivity index (χ2n) is 9.48. The summed E-state index contributed by atoms with van der Waals surface area (Å²) < 4.78 is 6.13. The van der Waals surface area contributed by atoms with Gasteiger partial charge in [-0.15, -0.1) is 0 Å². The second-order valence-corrected chi connectivity index (χ2v) is 9.48. The summed E-state index contributed by atoms with van der Waals surface area (Å²) in [4.78, 5) is 28.9. The summed E-state index contributed by atoms with van der Waals surface area (Å²) in [5, 5.41) is 0. The number of piperidine rings is 1. The van der Waals surface area contributed by atoms with Gasteiger partial charge in [-0.3, -0.25) is 9.59 Å². The Morgan fingerprint density at radius 1 is 1.03 bits per heavy atom. The summed E-state index contributed by atoms with van der Waals surface area (Å²) in [5.41, 5.74) is 1.33. The van der Waals surface area contributed by atoms with E-state index in [9.17, 15) is 9.59 Å². The van der Waals surface area contributed by atoms with Crippen LogP contribution in [-0.4, -0.2) is 54.4 Å². The van der Waals surface area contributed by atoms with E-state index in [1.165, 1.54) is 18.4 Å². The molecule has 0 aromatic heterocycles. The first-order chi connectivity index (χ1) is 15.1. The predicted molar refractivity (Wildman–Crippen MR) is 122 cm³/mol. The number of benzene rings is 1. The third-order valence-electron chi connectivity index (χ3n) is 7.41. The van der Waals surface area contributed by atoms with E-state index in [0.717, 1.165) is 57.6 Å². The molecule has 2 heterocycles. The van der Waals surface area contributed by atoms with Crippen molar-refractivity contribution in [3.05, 3.63) is 42.0 Å². The van der Waals surface area contributed by atoms with E-state index in [1.807, 2.05) is 35.2 Å². The topological polar surface area (TPSA) is 49.9 Å². The number of rotatable bonds is 6.